The Morgan fingerprint density at radius 1 is 0.864 bits per heavy atom. The molecule has 0 spiro atoms. The first-order chi connectivity index (χ1) is 10.8. The number of para-hydroxylation sites is 1. The number of ether oxygens (including phenoxy) is 1. The molecule has 1 fully saturated rings. The lowest BCUT2D eigenvalue weighted by atomic mass is 10.2. The summed E-state index contributed by atoms with van der Waals surface area (Å²) in [6, 6.07) is 18.0. The van der Waals surface area contributed by atoms with Crippen LogP contribution in [0.5, 0.6) is 11.5 Å². The summed E-state index contributed by atoms with van der Waals surface area (Å²) in [7, 11) is 0. The number of hydrogen-bond acceptors (Lipinski definition) is 4. The van der Waals surface area contributed by atoms with Crippen molar-refractivity contribution in [2.24, 2.45) is 0 Å². The van der Waals surface area contributed by atoms with E-state index < -0.39 is 0 Å². The number of aldehydes is 1. The molecule has 2 aromatic rings. The number of benzene rings is 2. The first-order valence-electron chi connectivity index (χ1n) is 7.59. The van der Waals surface area contributed by atoms with Crippen molar-refractivity contribution in [3.8, 4) is 11.5 Å². The maximum Gasteiger partial charge on any atom is 0.133 e. The van der Waals surface area contributed by atoms with Crippen LogP contribution in [-0.2, 0) is 4.79 Å². The van der Waals surface area contributed by atoms with E-state index in [1.165, 1.54) is 5.69 Å². The minimum atomic E-state index is 0.539. The third-order valence-corrected chi connectivity index (χ3v) is 3.89. The lowest BCUT2D eigenvalue weighted by Gasteiger charge is -2.35. The summed E-state index contributed by atoms with van der Waals surface area (Å²) < 4.78 is 5.80. The van der Waals surface area contributed by atoms with Crippen molar-refractivity contribution in [1.82, 2.24) is 4.90 Å². The maximum absolute atomic E-state index is 10.5. The summed E-state index contributed by atoms with van der Waals surface area (Å²) in [6.45, 7) is 4.30. The largest absolute Gasteiger partial charge is 0.457 e. The molecule has 0 N–H and O–H groups in total. The minimum Gasteiger partial charge on any atom is -0.457 e. The van der Waals surface area contributed by atoms with Gasteiger partial charge in [-0.25, -0.2) is 0 Å². The summed E-state index contributed by atoms with van der Waals surface area (Å²) >= 11 is 0. The summed E-state index contributed by atoms with van der Waals surface area (Å²) in [5.41, 5.74) is 1.20. The van der Waals surface area contributed by atoms with Crippen LogP contribution in [0.25, 0.3) is 0 Å². The molecule has 1 aliphatic rings. The van der Waals surface area contributed by atoms with Crippen molar-refractivity contribution in [2.45, 2.75) is 0 Å². The Morgan fingerprint density at radius 2 is 1.50 bits per heavy atom. The molecule has 0 unspecified atom stereocenters. The molecule has 22 heavy (non-hydrogen) atoms. The van der Waals surface area contributed by atoms with Gasteiger partial charge in [-0.05, 0) is 36.4 Å². The molecule has 114 valence electrons. The van der Waals surface area contributed by atoms with Gasteiger partial charge in [-0.1, -0.05) is 18.2 Å². The highest BCUT2D eigenvalue weighted by Gasteiger charge is 2.16. The predicted molar refractivity (Wildman–Crippen MR) is 87.7 cm³/mol. The Morgan fingerprint density at radius 3 is 2.14 bits per heavy atom. The zero-order valence-electron chi connectivity index (χ0n) is 12.5. The summed E-state index contributed by atoms with van der Waals surface area (Å²) in [5, 5.41) is 0. The lowest BCUT2D eigenvalue weighted by molar-refractivity contribution is -0.108. The fraction of sp³-hybridized carbons (Fsp3) is 0.278. The van der Waals surface area contributed by atoms with Crippen molar-refractivity contribution in [3.63, 3.8) is 0 Å². The topological polar surface area (TPSA) is 32.8 Å². The van der Waals surface area contributed by atoms with Gasteiger partial charge in [0.15, 0.2) is 0 Å². The molecule has 0 radical (unpaired) electrons. The van der Waals surface area contributed by atoms with Gasteiger partial charge in [0, 0.05) is 31.9 Å². The van der Waals surface area contributed by atoms with Gasteiger partial charge in [0.2, 0.25) is 0 Å². The smallest absolute Gasteiger partial charge is 0.133 e. The van der Waals surface area contributed by atoms with Gasteiger partial charge in [-0.3, -0.25) is 4.90 Å². The molecule has 4 heteroatoms. The van der Waals surface area contributed by atoms with Crippen LogP contribution in [0, 0.1) is 0 Å². The van der Waals surface area contributed by atoms with Crippen LogP contribution in [-0.4, -0.2) is 43.9 Å². The van der Waals surface area contributed by atoms with E-state index in [4.69, 9.17) is 4.74 Å². The van der Waals surface area contributed by atoms with Crippen molar-refractivity contribution < 1.29 is 9.53 Å². The number of anilines is 1. The first kappa shape index (κ1) is 14.6. The van der Waals surface area contributed by atoms with Crippen molar-refractivity contribution in [2.75, 3.05) is 37.6 Å². The third kappa shape index (κ3) is 3.65. The Labute approximate surface area is 130 Å². The van der Waals surface area contributed by atoms with Crippen LogP contribution in [0.15, 0.2) is 54.6 Å². The van der Waals surface area contributed by atoms with E-state index in [-0.39, 0.29) is 0 Å². The van der Waals surface area contributed by atoms with Gasteiger partial charge >= 0.3 is 0 Å². The Bertz CT molecular complexity index is 590. The van der Waals surface area contributed by atoms with Gasteiger partial charge in [0.25, 0.3) is 0 Å². The highest BCUT2D eigenvalue weighted by molar-refractivity contribution is 5.53. The van der Waals surface area contributed by atoms with Crippen LogP contribution in [0.3, 0.4) is 0 Å². The van der Waals surface area contributed by atoms with Crippen LogP contribution in [0.1, 0.15) is 0 Å². The van der Waals surface area contributed by atoms with Gasteiger partial charge in [-0.2, -0.15) is 0 Å². The highest BCUT2D eigenvalue weighted by atomic mass is 16.5. The molecule has 0 atom stereocenters. The van der Waals surface area contributed by atoms with E-state index in [9.17, 15) is 4.79 Å². The molecule has 3 rings (SSSR count). The number of carbonyl (C=O) groups excluding carboxylic acids is 1. The normalized spacial score (nSPS) is 15.5. The average molecular weight is 296 g/mol. The van der Waals surface area contributed by atoms with Crippen LogP contribution >= 0.6 is 0 Å². The van der Waals surface area contributed by atoms with Crippen molar-refractivity contribution >= 4 is 12.0 Å². The molecular weight excluding hydrogens is 276 g/mol. The monoisotopic (exact) mass is 296 g/mol. The van der Waals surface area contributed by atoms with Crippen molar-refractivity contribution in [1.29, 1.82) is 0 Å². The number of hydrogen-bond donors (Lipinski definition) is 0. The van der Waals surface area contributed by atoms with Gasteiger partial charge in [-0.15, -0.1) is 0 Å². The number of rotatable bonds is 5. The molecule has 0 aliphatic carbocycles. The molecule has 0 bridgehead atoms. The summed E-state index contributed by atoms with van der Waals surface area (Å²) in [5.74, 6) is 1.69. The molecule has 1 aliphatic heterocycles. The Hall–Kier alpha value is -2.33. The molecule has 0 saturated carbocycles. The molecule has 1 saturated heterocycles. The second-order valence-corrected chi connectivity index (χ2v) is 5.36. The van der Waals surface area contributed by atoms with E-state index in [1.807, 2.05) is 42.5 Å². The fourth-order valence-electron chi connectivity index (χ4n) is 2.64. The highest BCUT2D eigenvalue weighted by Crippen LogP contribution is 2.24. The summed E-state index contributed by atoms with van der Waals surface area (Å²) in [6.07, 6.45) is 0.978. The van der Waals surface area contributed by atoms with Gasteiger partial charge < -0.3 is 14.4 Å². The molecule has 1 heterocycles. The zero-order valence-corrected chi connectivity index (χ0v) is 12.5. The zero-order chi connectivity index (χ0) is 15.2. The van der Waals surface area contributed by atoms with E-state index in [1.54, 1.807) is 0 Å². The Kier molecular flexibility index (Phi) is 4.71. The number of nitrogens with zero attached hydrogens (tertiary/aromatic N) is 2. The number of carbonyl (C=O) groups is 1. The molecule has 0 amide bonds. The minimum absolute atomic E-state index is 0.539. The Balaban J connectivity index is 1.59. The standard InChI is InChI=1S/C18H20N2O2/c21-15-14-19-10-12-20(13-11-19)16-6-8-18(9-7-16)22-17-4-2-1-3-5-17/h1-9,15H,10-14H2. The molecule has 0 aromatic heterocycles. The SMILES string of the molecule is O=CCN1CCN(c2ccc(Oc3ccccc3)cc2)CC1. The first-order valence-corrected chi connectivity index (χ1v) is 7.59. The third-order valence-electron chi connectivity index (χ3n) is 3.89. The predicted octanol–water partition coefficient (Wildman–Crippen LogP) is 2.80. The number of piperazine rings is 1. The molecular formula is C18H20N2O2. The maximum atomic E-state index is 10.5. The van der Waals surface area contributed by atoms with Gasteiger partial charge in [0.05, 0.1) is 6.54 Å². The lowest BCUT2D eigenvalue weighted by Crippen LogP contribution is -2.46. The van der Waals surface area contributed by atoms with Crippen molar-refractivity contribution in [3.05, 3.63) is 54.6 Å². The fourth-order valence-corrected chi connectivity index (χ4v) is 2.64. The van der Waals surface area contributed by atoms with E-state index in [2.05, 4.69) is 21.9 Å². The molecule has 4 nitrogen and oxygen atoms in total. The van der Waals surface area contributed by atoms with Crippen LogP contribution in [0.2, 0.25) is 0 Å². The average Bonchev–Trinajstić information content (AvgIpc) is 2.58. The van der Waals surface area contributed by atoms with E-state index in [0.29, 0.717) is 6.54 Å². The second-order valence-electron chi connectivity index (χ2n) is 5.36. The quantitative estimate of drug-likeness (QED) is 0.794. The van der Waals surface area contributed by atoms with Crippen LogP contribution in [0.4, 0.5) is 5.69 Å². The van der Waals surface area contributed by atoms with Crippen LogP contribution < -0.4 is 9.64 Å². The van der Waals surface area contributed by atoms with E-state index in [0.717, 1.165) is 44.0 Å². The van der Waals surface area contributed by atoms with Gasteiger partial charge in [0.1, 0.15) is 17.8 Å². The molecule has 2 aromatic carbocycles. The van der Waals surface area contributed by atoms with E-state index >= 15 is 0 Å². The summed E-state index contributed by atoms with van der Waals surface area (Å²) in [4.78, 5) is 15.1. The second kappa shape index (κ2) is 7.09.